The van der Waals surface area contributed by atoms with Crippen LogP contribution in [-0.2, 0) is 9.84 Å². The van der Waals surface area contributed by atoms with Gasteiger partial charge in [0.05, 0.1) is 4.90 Å². The molecule has 0 aliphatic heterocycles. The van der Waals surface area contributed by atoms with Crippen LogP contribution in [0.5, 0.6) is 0 Å². The van der Waals surface area contributed by atoms with E-state index in [1.54, 1.807) is 17.5 Å². The minimum atomic E-state index is -3.29. The highest BCUT2D eigenvalue weighted by Gasteiger charge is 2.54. The SMILES string of the molecule is Cc1ccc(S(=O)(=O)C=C2C3CCCC2C3(C)C)cc1. The Hall–Kier alpha value is -1.09. The molecule has 1 aromatic rings. The molecular formula is C17H22O2S. The van der Waals surface area contributed by atoms with Crippen LogP contribution in [0.15, 0.2) is 40.1 Å². The van der Waals surface area contributed by atoms with Crippen LogP contribution < -0.4 is 0 Å². The zero-order valence-corrected chi connectivity index (χ0v) is 13.2. The second-order valence-electron chi connectivity index (χ2n) is 6.83. The molecule has 2 bridgehead atoms. The van der Waals surface area contributed by atoms with E-state index in [0.717, 1.165) is 18.4 Å². The van der Waals surface area contributed by atoms with Crippen LogP contribution in [0.25, 0.3) is 0 Å². The molecule has 0 spiro atoms. The molecule has 0 heterocycles. The van der Waals surface area contributed by atoms with Crippen molar-refractivity contribution in [3.63, 3.8) is 0 Å². The van der Waals surface area contributed by atoms with Crippen molar-refractivity contribution in [2.75, 3.05) is 0 Å². The summed E-state index contributed by atoms with van der Waals surface area (Å²) in [4.78, 5) is 0.415. The number of aryl methyl sites for hydroxylation is 1. The molecule has 2 atom stereocenters. The van der Waals surface area contributed by atoms with Gasteiger partial charge in [-0.2, -0.15) is 0 Å². The van der Waals surface area contributed by atoms with E-state index in [4.69, 9.17) is 0 Å². The molecular weight excluding hydrogens is 268 g/mol. The predicted octanol–water partition coefficient (Wildman–Crippen LogP) is 4.11. The molecule has 2 aliphatic rings. The van der Waals surface area contributed by atoms with Gasteiger partial charge in [0.15, 0.2) is 9.84 Å². The molecule has 3 heteroatoms. The lowest BCUT2D eigenvalue weighted by Gasteiger charge is -2.58. The van der Waals surface area contributed by atoms with Gasteiger partial charge in [-0.15, -0.1) is 0 Å². The molecule has 0 amide bonds. The zero-order valence-electron chi connectivity index (χ0n) is 12.4. The minimum Gasteiger partial charge on any atom is -0.219 e. The molecule has 2 nitrogen and oxygen atoms in total. The van der Waals surface area contributed by atoms with E-state index in [0.29, 0.717) is 16.7 Å². The van der Waals surface area contributed by atoms with Crippen molar-refractivity contribution in [3.05, 3.63) is 40.8 Å². The van der Waals surface area contributed by atoms with E-state index in [2.05, 4.69) is 13.8 Å². The molecule has 108 valence electrons. The zero-order chi connectivity index (χ0) is 14.5. The Balaban J connectivity index is 1.95. The van der Waals surface area contributed by atoms with Gasteiger partial charge in [-0.3, -0.25) is 0 Å². The number of allylic oxidation sites excluding steroid dienone is 1. The number of fused-ring (bicyclic) bond motifs is 2. The third-order valence-corrected chi connectivity index (χ3v) is 6.74. The first-order valence-corrected chi connectivity index (χ1v) is 8.90. The maximum Gasteiger partial charge on any atom is 0.199 e. The summed E-state index contributed by atoms with van der Waals surface area (Å²) in [6.07, 6.45) is 3.51. The van der Waals surface area contributed by atoms with E-state index < -0.39 is 9.84 Å². The van der Waals surface area contributed by atoms with Crippen LogP contribution in [0.3, 0.4) is 0 Å². The number of hydrogen-bond donors (Lipinski definition) is 0. The molecule has 2 fully saturated rings. The topological polar surface area (TPSA) is 34.1 Å². The fourth-order valence-corrected chi connectivity index (χ4v) is 5.33. The Kier molecular flexibility index (Phi) is 3.09. The van der Waals surface area contributed by atoms with Crippen molar-refractivity contribution < 1.29 is 8.42 Å². The lowest BCUT2D eigenvalue weighted by Crippen LogP contribution is -2.50. The molecule has 2 aliphatic carbocycles. The summed E-state index contributed by atoms with van der Waals surface area (Å²) < 4.78 is 25.0. The molecule has 0 N–H and O–H groups in total. The summed E-state index contributed by atoms with van der Waals surface area (Å²) in [5, 5.41) is 1.57. The van der Waals surface area contributed by atoms with E-state index in [1.165, 1.54) is 12.0 Å². The Morgan fingerprint density at radius 2 is 1.65 bits per heavy atom. The summed E-state index contributed by atoms with van der Waals surface area (Å²) in [6.45, 7) is 6.52. The van der Waals surface area contributed by atoms with Gasteiger partial charge in [0.1, 0.15) is 0 Å². The average molecular weight is 290 g/mol. The summed E-state index contributed by atoms with van der Waals surface area (Å²) in [7, 11) is -3.29. The van der Waals surface area contributed by atoms with Gasteiger partial charge < -0.3 is 0 Å². The smallest absolute Gasteiger partial charge is 0.199 e. The van der Waals surface area contributed by atoms with Crippen LogP contribution in [-0.4, -0.2) is 8.42 Å². The van der Waals surface area contributed by atoms with Crippen LogP contribution >= 0.6 is 0 Å². The van der Waals surface area contributed by atoms with Crippen LogP contribution in [0.1, 0.15) is 38.7 Å². The van der Waals surface area contributed by atoms with Gasteiger partial charge >= 0.3 is 0 Å². The Morgan fingerprint density at radius 1 is 1.10 bits per heavy atom. The Morgan fingerprint density at radius 3 is 2.15 bits per heavy atom. The molecule has 0 radical (unpaired) electrons. The Labute approximate surface area is 121 Å². The van der Waals surface area contributed by atoms with Crippen LogP contribution in [0, 0.1) is 24.2 Å². The first-order chi connectivity index (χ1) is 9.32. The Bertz CT molecular complexity index is 635. The van der Waals surface area contributed by atoms with E-state index in [-0.39, 0.29) is 5.41 Å². The lowest BCUT2D eigenvalue weighted by molar-refractivity contribution is 0.0120. The number of sulfone groups is 1. The molecule has 0 saturated heterocycles. The van der Waals surface area contributed by atoms with Crippen LogP contribution in [0.4, 0.5) is 0 Å². The fourth-order valence-electron chi connectivity index (χ4n) is 3.99. The van der Waals surface area contributed by atoms with Crippen molar-refractivity contribution in [3.8, 4) is 0 Å². The highest BCUT2D eigenvalue weighted by molar-refractivity contribution is 7.94. The summed E-state index contributed by atoms with van der Waals surface area (Å²) >= 11 is 0. The van der Waals surface area contributed by atoms with Gasteiger partial charge in [-0.1, -0.05) is 43.5 Å². The summed E-state index contributed by atoms with van der Waals surface area (Å²) in [5.41, 5.74) is 2.53. The van der Waals surface area contributed by atoms with Crippen molar-refractivity contribution in [2.45, 2.75) is 44.9 Å². The van der Waals surface area contributed by atoms with E-state index in [9.17, 15) is 8.42 Å². The fraction of sp³-hybridized carbons (Fsp3) is 0.529. The maximum absolute atomic E-state index is 12.5. The summed E-state index contributed by atoms with van der Waals surface area (Å²) in [5.74, 6) is 0.919. The third kappa shape index (κ3) is 2.03. The number of rotatable bonds is 2. The van der Waals surface area contributed by atoms with Crippen molar-refractivity contribution >= 4 is 9.84 Å². The summed E-state index contributed by atoms with van der Waals surface area (Å²) in [6, 6.07) is 7.14. The first-order valence-electron chi connectivity index (χ1n) is 7.35. The standard InChI is InChI=1S/C17H22O2S/c1-12-7-9-13(10-8-12)20(18,19)11-14-15-5-4-6-16(14)17(15,2)3/h7-11,15-16H,4-6H2,1-3H3. The van der Waals surface area contributed by atoms with Gasteiger partial charge in [0.25, 0.3) is 0 Å². The molecule has 2 saturated carbocycles. The lowest BCUT2D eigenvalue weighted by atomic mass is 9.46. The van der Waals surface area contributed by atoms with E-state index in [1.807, 2.05) is 19.1 Å². The first kappa shape index (κ1) is 13.9. The van der Waals surface area contributed by atoms with E-state index >= 15 is 0 Å². The second kappa shape index (κ2) is 4.45. The molecule has 20 heavy (non-hydrogen) atoms. The largest absolute Gasteiger partial charge is 0.219 e. The maximum atomic E-state index is 12.5. The third-order valence-electron chi connectivity index (χ3n) is 5.23. The van der Waals surface area contributed by atoms with Gasteiger partial charge in [0.2, 0.25) is 0 Å². The van der Waals surface area contributed by atoms with Gasteiger partial charge in [-0.05, 0) is 49.1 Å². The van der Waals surface area contributed by atoms with Gasteiger partial charge in [0, 0.05) is 5.41 Å². The van der Waals surface area contributed by atoms with Crippen molar-refractivity contribution in [1.29, 1.82) is 0 Å². The average Bonchev–Trinajstić information content (AvgIpc) is 2.39. The highest BCUT2D eigenvalue weighted by atomic mass is 32.2. The molecule has 2 unspecified atom stereocenters. The second-order valence-corrected chi connectivity index (χ2v) is 8.63. The van der Waals surface area contributed by atoms with Crippen LogP contribution in [0.2, 0.25) is 0 Å². The highest BCUT2D eigenvalue weighted by Crippen LogP contribution is 2.62. The normalized spacial score (nSPS) is 27.9. The molecule has 1 aromatic carbocycles. The van der Waals surface area contributed by atoms with Crippen molar-refractivity contribution in [2.24, 2.45) is 17.3 Å². The van der Waals surface area contributed by atoms with Crippen molar-refractivity contribution in [1.82, 2.24) is 0 Å². The monoisotopic (exact) mass is 290 g/mol. The molecule has 0 aromatic heterocycles. The predicted molar refractivity (Wildman–Crippen MR) is 81.1 cm³/mol. The van der Waals surface area contributed by atoms with Gasteiger partial charge in [-0.25, -0.2) is 8.42 Å². The minimum absolute atomic E-state index is 0.285. The number of hydrogen-bond acceptors (Lipinski definition) is 2. The molecule has 3 rings (SSSR count). The number of benzene rings is 1. The quantitative estimate of drug-likeness (QED) is 0.821.